The molecule has 1 aliphatic heterocycles. The van der Waals surface area contributed by atoms with Gasteiger partial charge in [-0.15, -0.1) is 0 Å². The molecule has 2 fully saturated rings. The van der Waals surface area contributed by atoms with Crippen LogP contribution in [0.5, 0.6) is 0 Å². The molecule has 0 spiro atoms. The SMILES string of the molecule is Cc1ccc(N2C(=O)CC(N(C(=O)c3ccc(Cl)c([N+](=O)[O-])c3)C3CC3)C2=O)cc1. The minimum Gasteiger partial charge on any atom is -0.323 e. The molecule has 3 amide bonds. The number of nitro benzene ring substituents is 1. The van der Waals surface area contributed by atoms with Crippen molar-refractivity contribution in [3.8, 4) is 0 Å². The van der Waals surface area contributed by atoms with Gasteiger partial charge in [0.25, 0.3) is 17.5 Å². The van der Waals surface area contributed by atoms with Crippen LogP contribution in [0.1, 0.15) is 35.2 Å². The average Bonchev–Trinajstić information content (AvgIpc) is 3.49. The van der Waals surface area contributed by atoms with E-state index in [1.54, 1.807) is 24.3 Å². The van der Waals surface area contributed by atoms with Crippen LogP contribution < -0.4 is 4.90 Å². The third kappa shape index (κ3) is 3.54. The zero-order chi connectivity index (χ0) is 21.6. The average molecular weight is 428 g/mol. The van der Waals surface area contributed by atoms with E-state index in [4.69, 9.17) is 11.6 Å². The van der Waals surface area contributed by atoms with Gasteiger partial charge in [-0.2, -0.15) is 0 Å². The minimum atomic E-state index is -0.937. The van der Waals surface area contributed by atoms with Crippen molar-refractivity contribution in [2.24, 2.45) is 0 Å². The van der Waals surface area contributed by atoms with E-state index in [2.05, 4.69) is 0 Å². The Balaban J connectivity index is 1.65. The van der Waals surface area contributed by atoms with Crippen molar-refractivity contribution < 1.29 is 19.3 Å². The molecule has 9 heteroatoms. The van der Waals surface area contributed by atoms with Crippen molar-refractivity contribution in [2.45, 2.75) is 38.3 Å². The molecule has 1 saturated heterocycles. The molecule has 0 aromatic heterocycles. The van der Waals surface area contributed by atoms with E-state index in [0.717, 1.165) is 16.5 Å². The molecule has 0 bridgehead atoms. The van der Waals surface area contributed by atoms with Gasteiger partial charge in [0.1, 0.15) is 11.1 Å². The molecule has 1 unspecified atom stereocenters. The number of benzene rings is 2. The van der Waals surface area contributed by atoms with Crippen molar-refractivity contribution in [2.75, 3.05) is 4.90 Å². The lowest BCUT2D eigenvalue weighted by molar-refractivity contribution is -0.384. The fourth-order valence-electron chi connectivity index (χ4n) is 3.65. The first-order valence-corrected chi connectivity index (χ1v) is 9.86. The van der Waals surface area contributed by atoms with Crippen LogP contribution >= 0.6 is 11.6 Å². The summed E-state index contributed by atoms with van der Waals surface area (Å²) in [5.41, 5.74) is 1.14. The minimum absolute atomic E-state index is 0.0621. The number of anilines is 1. The van der Waals surface area contributed by atoms with Gasteiger partial charge in [0.05, 0.1) is 17.0 Å². The Hall–Kier alpha value is -3.26. The zero-order valence-corrected chi connectivity index (χ0v) is 16.8. The number of rotatable bonds is 5. The summed E-state index contributed by atoms with van der Waals surface area (Å²) < 4.78 is 0. The molecule has 4 rings (SSSR count). The van der Waals surface area contributed by atoms with E-state index >= 15 is 0 Å². The Labute approximate surface area is 177 Å². The third-order valence-corrected chi connectivity index (χ3v) is 5.63. The monoisotopic (exact) mass is 427 g/mol. The van der Waals surface area contributed by atoms with Gasteiger partial charge in [0.2, 0.25) is 5.91 Å². The van der Waals surface area contributed by atoms with Crippen LogP contribution in [0.25, 0.3) is 0 Å². The maximum atomic E-state index is 13.2. The Kier molecular flexibility index (Phi) is 5.03. The zero-order valence-electron chi connectivity index (χ0n) is 16.1. The van der Waals surface area contributed by atoms with Crippen molar-refractivity contribution in [1.29, 1.82) is 0 Å². The third-order valence-electron chi connectivity index (χ3n) is 5.32. The number of amides is 3. The molecular formula is C21H18ClN3O5. The van der Waals surface area contributed by atoms with E-state index in [0.29, 0.717) is 18.5 Å². The summed E-state index contributed by atoms with van der Waals surface area (Å²) in [6.45, 7) is 1.90. The Morgan fingerprint density at radius 1 is 1.17 bits per heavy atom. The number of hydrogen-bond donors (Lipinski definition) is 0. The van der Waals surface area contributed by atoms with Gasteiger partial charge >= 0.3 is 0 Å². The summed E-state index contributed by atoms with van der Waals surface area (Å²) in [5, 5.41) is 11.1. The highest BCUT2D eigenvalue weighted by Crippen LogP contribution is 2.36. The van der Waals surface area contributed by atoms with Gasteiger partial charge in [-0.3, -0.25) is 24.5 Å². The molecule has 1 atom stereocenters. The number of hydrogen-bond acceptors (Lipinski definition) is 5. The fraction of sp³-hybridized carbons (Fsp3) is 0.286. The summed E-state index contributed by atoms with van der Waals surface area (Å²) in [7, 11) is 0. The van der Waals surface area contributed by atoms with E-state index in [-0.39, 0.29) is 34.6 Å². The van der Waals surface area contributed by atoms with Crippen molar-refractivity contribution >= 4 is 40.7 Å². The van der Waals surface area contributed by atoms with E-state index in [1.165, 1.54) is 17.0 Å². The molecule has 0 radical (unpaired) electrons. The second-order valence-corrected chi connectivity index (χ2v) is 7.90. The summed E-state index contributed by atoms with van der Waals surface area (Å²) in [4.78, 5) is 52.0. The molecule has 2 aromatic carbocycles. The van der Waals surface area contributed by atoms with E-state index < -0.39 is 22.8 Å². The summed E-state index contributed by atoms with van der Waals surface area (Å²) in [6.07, 6.45) is 1.30. The molecule has 8 nitrogen and oxygen atoms in total. The highest BCUT2D eigenvalue weighted by atomic mass is 35.5. The van der Waals surface area contributed by atoms with Crippen LogP contribution in [0, 0.1) is 17.0 Å². The summed E-state index contributed by atoms with van der Waals surface area (Å²) in [5.74, 6) is -1.36. The number of carbonyl (C=O) groups is 3. The van der Waals surface area contributed by atoms with Gasteiger partial charge in [0.15, 0.2) is 0 Å². The molecule has 1 saturated carbocycles. The Morgan fingerprint density at radius 2 is 1.83 bits per heavy atom. The predicted octanol–water partition coefficient (Wildman–Crippen LogP) is 3.49. The summed E-state index contributed by atoms with van der Waals surface area (Å²) >= 11 is 5.85. The number of imide groups is 1. The van der Waals surface area contributed by atoms with Crippen LogP contribution in [0.4, 0.5) is 11.4 Å². The first kappa shape index (κ1) is 20.0. The molecule has 2 aromatic rings. The summed E-state index contributed by atoms with van der Waals surface area (Å²) in [6, 6.07) is 9.68. The number of nitrogens with zero attached hydrogens (tertiary/aromatic N) is 3. The Bertz CT molecular complexity index is 1060. The second kappa shape index (κ2) is 7.53. The van der Waals surface area contributed by atoms with Gasteiger partial charge < -0.3 is 4.90 Å². The lowest BCUT2D eigenvalue weighted by Crippen LogP contribution is -2.46. The molecule has 0 N–H and O–H groups in total. The number of halogens is 1. The maximum absolute atomic E-state index is 13.2. The maximum Gasteiger partial charge on any atom is 0.288 e. The quantitative estimate of drug-likeness (QED) is 0.413. The smallest absolute Gasteiger partial charge is 0.288 e. The fourth-order valence-corrected chi connectivity index (χ4v) is 3.83. The topological polar surface area (TPSA) is 101 Å². The lowest BCUT2D eigenvalue weighted by Gasteiger charge is -2.27. The molecule has 154 valence electrons. The van der Waals surface area contributed by atoms with Crippen LogP contribution in [0.3, 0.4) is 0 Å². The Morgan fingerprint density at radius 3 is 2.43 bits per heavy atom. The van der Waals surface area contributed by atoms with Gasteiger partial charge in [0, 0.05) is 17.7 Å². The number of aryl methyl sites for hydroxylation is 1. The lowest BCUT2D eigenvalue weighted by atomic mass is 10.1. The highest BCUT2D eigenvalue weighted by molar-refractivity contribution is 6.32. The standard InChI is InChI=1S/C21H18ClN3O5/c1-12-2-5-15(6-3-12)24-19(26)11-18(21(24)28)23(14-7-8-14)20(27)13-4-9-16(22)17(10-13)25(29)30/h2-6,9-10,14,18H,7-8,11H2,1H3. The first-order chi connectivity index (χ1) is 14.3. The van der Waals surface area contributed by atoms with Crippen LogP contribution in [0.2, 0.25) is 5.02 Å². The number of carbonyl (C=O) groups excluding carboxylic acids is 3. The molecule has 1 aliphatic carbocycles. The predicted molar refractivity (Wildman–Crippen MR) is 109 cm³/mol. The van der Waals surface area contributed by atoms with Crippen molar-refractivity contribution in [3.63, 3.8) is 0 Å². The van der Waals surface area contributed by atoms with Crippen molar-refractivity contribution in [3.05, 3.63) is 68.7 Å². The van der Waals surface area contributed by atoms with E-state index in [9.17, 15) is 24.5 Å². The second-order valence-electron chi connectivity index (χ2n) is 7.49. The molecular weight excluding hydrogens is 410 g/mol. The van der Waals surface area contributed by atoms with Crippen LogP contribution in [-0.2, 0) is 9.59 Å². The normalized spacial score (nSPS) is 18.6. The van der Waals surface area contributed by atoms with Crippen molar-refractivity contribution in [1.82, 2.24) is 4.90 Å². The van der Waals surface area contributed by atoms with Crippen LogP contribution in [-0.4, -0.2) is 39.6 Å². The molecule has 1 heterocycles. The molecule has 30 heavy (non-hydrogen) atoms. The van der Waals surface area contributed by atoms with Gasteiger partial charge in [-0.25, -0.2) is 4.90 Å². The van der Waals surface area contributed by atoms with Crippen LogP contribution in [0.15, 0.2) is 42.5 Å². The van der Waals surface area contributed by atoms with E-state index in [1.807, 2.05) is 6.92 Å². The van der Waals surface area contributed by atoms with Gasteiger partial charge in [-0.1, -0.05) is 29.3 Å². The first-order valence-electron chi connectivity index (χ1n) is 9.48. The largest absolute Gasteiger partial charge is 0.323 e. The molecule has 2 aliphatic rings. The van der Waals surface area contributed by atoms with Gasteiger partial charge in [-0.05, 0) is 44.0 Å². The number of nitro groups is 1. The highest BCUT2D eigenvalue weighted by Gasteiger charge is 2.49.